The van der Waals surface area contributed by atoms with Crippen molar-refractivity contribution in [2.24, 2.45) is 0 Å². The fourth-order valence-corrected chi connectivity index (χ4v) is 2.49. The Kier molecular flexibility index (Phi) is 4.89. The molecule has 0 heterocycles. The first-order chi connectivity index (χ1) is 7.04. The van der Waals surface area contributed by atoms with Gasteiger partial charge in [-0.15, -0.1) is 11.8 Å². The summed E-state index contributed by atoms with van der Waals surface area (Å²) in [5.74, 6) is -0.317. The second kappa shape index (κ2) is 5.72. The van der Waals surface area contributed by atoms with E-state index in [1.54, 1.807) is 6.07 Å². The molecule has 1 atom stereocenters. The number of aliphatic hydroxyl groups excluding tert-OH is 1. The number of nitrogen functional groups attached to an aromatic ring is 1. The Bertz CT molecular complexity index is 348. The molecule has 0 aromatic heterocycles. The molecule has 0 spiro atoms. The first kappa shape index (κ1) is 12.8. The van der Waals surface area contributed by atoms with Crippen LogP contribution in [0.1, 0.15) is 13.3 Å². The van der Waals surface area contributed by atoms with Gasteiger partial charge in [0.05, 0.1) is 4.47 Å². The topological polar surface area (TPSA) is 46.2 Å². The number of hydrogen-bond acceptors (Lipinski definition) is 3. The predicted octanol–water partition coefficient (Wildman–Crippen LogP) is 3.03. The van der Waals surface area contributed by atoms with Crippen molar-refractivity contribution >= 4 is 33.4 Å². The summed E-state index contributed by atoms with van der Waals surface area (Å²) in [4.78, 5) is 0.719. The molecule has 5 heteroatoms. The molecular weight excluding hydrogens is 281 g/mol. The molecule has 0 radical (unpaired) electrons. The summed E-state index contributed by atoms with van der Waals surface area (Å²) in [6.45, 7) is 2.10. The minimum absolute atomic E-state index is 0.132. The molecule has 3 N–H and O–H groups in total. The summed E-state index contributed by atoms with van der Waals surface area (Å²) in [6, 6.07) is 2.97. The standard InChI is InChI=1S/C10H13BrFNOS/c1-6(2-3-14)15-10-5-8(12)7(11)4-9(10)13/h4-6,14H,2-3,13H2,1H3. The molecule has 2 nitrogen and oxygen atoms in total. The molecule has 0 aliphatic heterocycles. The van der Waals surface area contributed by atoms with E-state index in [0.29, 0.717) is 16.6 Å². The van der Waals surface area contributed by atoms with Crippen LogP contribution in [0, 0.1) is 5.82 Å². The Hall–Kier alpha value is -0.260. The number of nitrogens with two attached hydrogens (primary N) is 1. The molecule has 1 aromatic carbocycles. The molecule has 0 bridgehead atoms. The second-order valence-corrected chi connectivity index (χ2v) is 5.58. The minimum atomic E-state index is -0.317. The maximum atomic E-state index is 13.2. The van der Waals surface area contributed by atoms with Gasteiger partial charge in [-0.25, -0.2) is 4.39 Å². The van der Waals surface area contributed by atoms with Gasteiger partial charge in [0.2, 0.25) is 0 Å². The van der Waals surface area contributed by atoms with Crippen molar-refractivity contribution in [3.05, 3.63) is 22.4 Å². The largest absolute Gasteiger partial charge is 0.398 e. The van der Waals surface area contributed by atoms with E-state index in [1.807, 2.05) is 6.92 Å². The van der Waals surface area contributed by atoms with Crippen molar-refractivity contribution in [2.75, 3.05) is 12.3 Å². The summed E-state index contributed by atoms with van der Waals surface area (Å²) in [6.07, 6.45) is 0.668. The van der Waals surface area contributed by atoms with E-state index < -0.39 is 0 Å². The van der Waals surface area contributed by atoms with Crippen LogP contribution >= 0.6 is 27.7 Å². The summed E-state index contributed by atoms with van der Waals surface area (Å²) >= 11 is 4.54. The number of anilines is 1. The van der Waals surface area contributed by atoms with E-state index >= 15 is 0 Å². The summed E-state index contributed by atoms with van der Waals surface area (Å²) < 4.78 is 13.6. The van der Waals surface area contributed by atoms with Crippen molar-refractivity contribution in [1.82, 2.24) is 0 Å². The molecule has 0 fully saturated rings. The molecule has 1 unspecified atom stereocenters. The van der Waals surface area contributed by atoms with Gasteiger partial charge >= 0.3 is 0 Å². The third kappa shape index (κ3) is 3.66. The fourth-order valence-electron chi connectivity index (χ4n) is 1.10. The van der Waals surface area contributed by atoms with Crippen LogP contribution in [0.3, 0.4) is 0 Å². The van der Waals surface area contributed by atoms with Gasteiger partial charge in [0.25, 0.3) is 0 Å². The average Bonchev–Trinajstić information content (AvgIpc) is 2.14. The van der Waals surface area contributed by atoms with E-state index in [-0.39, 0.29) is 17.7 Å². The fraction of sp³-hybridized carbons (Fsp3) is 0.400. The zero-order valence-electron chi connectivity index (χ0n) is 8.34. The van der Waals surface area contributed by atoms with Gasteiger partial charge in [-0.05, 0) is 34.5 Å². The molecule has 0 saturated carbocycles. The van der Waals surface area contributed by atoms with E-state index in [4.69, 9.17) is 10.8 Å². The van der Waals surface area contributed by atoms with Crippen molar-refractivity contribution in [2.45, 2.75) is 23.5 Å². The monoisotopic (exact) mass is 293 g/mol. The molecule has 0 aliphatic rings. The van der Waals surface area contributed by atoms with Crippen LogP contribution < -0.4 is 5.73 Å². The highest BCUT2D eigenvalue weighted by Gasteiger charge is 2.10. The highest BCUT2D eigenvalue weighted by atomic mass is 79.9. The molecular formula is C10H13BrFNOS. The van der Waals surface area contributed by atoms with Gasteiger partial charge in [0, 0.05) is 22.4 Å². The zero-order valence-corrected chi connectivity index (χ0v) is 10.7. The number of rotatable bonds is 4. The second-order valence-electron chi connectivity index (χ2n) is 3.24. The van der Waals surface area contributed by atoms with Crippen LogP contribution in [-0.2, 0) is 0 Å². The van der Waals surface area contributed by atoms with Crippen LogP contribution in [0.4, 0.5) is 10.1 Å². The lowest BCUT2D eigenvalue weighted by Gasteiger charge is -2.12. The van der Waals surface area contributed by atoms with E-state index in [2.05, 4.69) is 15.9 Å². The number of hydrogen-bond donors (Lipinski definition) is 2. The van der Waals surface area contributed by atoms with E-state index in [0.717, 1.165) is 4.90 Å². The maximum Gasteiger partial charge on any atom is 0.138 e. The van der Waals surface area contributed by atoms with Crippen molar-refractivity contribution in [3.8, 4) is 0 Å². The number of aliphatic hydroxyl groups is 1. The van der Waals surface area contributed by atoms with Crippen molar-refractivity contribution < 1.29 is 9.50 Å². The Balaban J connectivity index is 2.81. The summed E-state index contributed by atoms with van der Waals surface area (Å²) in [5, 5.41) is 8.98. The van der Waals surface area contributed by atoms with Gasteiger partial charge in [-0.1, -0.05) is 6.92 Å². The predicted molar refractivity (Wildman–Crippen MR) is 65.5 cm³/mol. The number of halogens is 2. The normalized spacial score (nSPS) is 12.8. The van der Waals surface area contributed by atoms with E-state index in [9.17, 15) is 4.39 Å². The number of thioether (sulfide) groups is 1. The van der Waals surface area contributed by atoms with Crippen LogP contribution in [0.2, 0.25) is 0 Å². The molecule has 1 aromatic rings. The minimum Gasteiger partial charge on any atom is -0.398 e. The Morgan fingerprint density at radius 1 is 1.60 bits per heavy atom. The van der Waals surface area contributed by atoms with Crippen molar-refractivity contribution in [1.29, 1.82) is 0 Å². The van der Waals surface area contributed by atoms with E-state index in [1.165, 1.54) is 17.8 Å². The summed E-state index contributed by atoms with van der Waals surface area (Å²) in [5.41, 5.74) is 6.31. The molecule has 1 rings (SSSR count). The molecule has 0 aliphatic carbocycles. The lowest BCUT2D eigenvalue weighted by atomic mass is 10.3. The lowest BCUT2D eigenvalue weighted by Crippen LogP contribution is -2.01. The third-order valence-corrected chi connectivity index (χ3v) is 3.77. The smallest absolute Gasteiger partial charge is 0.138 e. The van der Waals surface area contributed by atoms with Crippen LogP contribution in [0.5, 0.6) is 0 Å². The third-order valence-electron chi connectivity index (χ3n) is 1.92. The Labute approximate surface area is 101 Å². The SMILES string of the molecule is CC(CCO)Sc1cc(F)c(Br)cc1N. The van der Waals surface area contributed by atoms with Crippen LogP contribution in [-0.4, -0.2) is 17.0 Å². The van der Waals surface area contributed by atoms with Crippen molar-refractivity contribution in [3.63, 3.8) is 0 Å². The highest BCUT2D eigenvalue weighted by molar-refractivity contribution is 9.10. The summed E-state index contributed by atoms with van der Waals surface area (Å²) in [7, 11) is 0. The molecule has 0 saturated heterocycles. The molecule has 84 valence electrons. The lowest BCUT2D eigenvalue weighted by molar-refractivity contribution is 0.289. The first-order valence-corrected chi connectivity index (χ1v) is 6.24. The highest BCUT2D eigenvalue weighted by Crippen LogP contribution is 2.33. The first-order valence-electron chi connectivity index (χ1n) is 4.56. The van der Waals surface area contributed by atoms with Gasteiger partial charge in [-0.3, -0.25) is 0 Å². The Morgan fingerprint density at radius 3 is 2.87 bits per heavy atom. The average molecular weight is 294 g/mol. The van der Waals surface area contributed by atoms with Gasteiger partial charge < -0.3 is 10.8 Å². The Morgan fingerprint density at radius 2 is 2.27 bits per heavy atom. The van der Waals surface area contributed by atoms with Gasteiger partial charge in [-0.2, -0.15) is 0 Å². The van der Waals surface area contributed by atoms with Crippen LogP contribution in [0.15, 0.2) is 21.5 Å². The zero-order chi connectivity index (χ0) is 11.4. The molecule has 0 amide bonds. The van der Waals surface area contributed by atoms with Crippen LogP contribution in [0.25, 0.3) is 0 Å². The van der Waals surface area contributed by atoms with Gasteiger partial charge in [0.15, 0.2) is 0 Å². The molecule has 15 heavy (non-hydrogen) atoms. The number of benzene rings is 1. The maximum absolute atomic E-state index is 13.2. The quantitative estimate of drug-likeness (QED) is 0.663. The van der Waals surface area contributed by atoms with Gasteiger partial charge in [0.1, 0.15) is 5.82 Å².